The molecule has 2 aliphatic heterocycles. The van der Waals surface area contributed by atoms with Crippen molar-refractivity contribution in [2.24, 2.45) is 0 Å². The Balaban J connectivity index is 2.06. The summed E-state index contributed by atoms with van der Waals surface area (Å²) in [6.07, 6.45) is -12.1. The number of fused-ring (bicyclic) bond motifs is 1. The van der Waals surface area contributed by atoms with Crippen LogP contribution in [0.15, 0.2) is 18.2 Å². The highest BCUT2D eigenvalue weighted by Gasteiger charge is 2.18. The fourth-order valence-electron chi connectivity index (χ4n) is 1.49. The van der Waals surface area contributed by atoms with Gasteiger partial charge in [0.1, 0.15) is 2.74 Å². The molecule has 1 aromatic rings. The number of β-amino-alcohol motifs (C(OH)–C–C–N with tert-alkyl or cyclic N) is 1. The number of aryl methyl sites for hydroxylation is 1. The lowest BCUT2D eigenvalue weighted by Gasteiger charge is -2.29. The highest BCUT2D eigenvalue weighted by Crippen LogP contribution is 2.32. The van der Waals surface area contributed by atoms with Gasteiger partial charge < -0.3 is 19.5 Å². The average molecular weight is 262 g/mol. The zero-order valence-electron chi connectivity index (χ0n) is 22.2. The first-order valence-electron chi connectivity index (χ1n) is 11.7. The normalized spacial score (nSPS) is 52.8. The van der Waals surface area contributed by atoms with Gasteiger partial charge in [-0.25, -0.2) is 0 Å². The number of ether oxygens (including phenoxy) is 2. The Bertz CT molecular complexity index is 871. The van der Waals surface area contributed by atoms with Crippen LogP contribution in [0, 0.1) is 0 Å². The highest BCUT2D eigenvalue weighted by atomic mass is 16.7. The topological polar surface area (TPSA) is 41.9 Å². The van der Waals surface area contributed by atoms with Crippen molar-refractivity contribution in [1.82, 2.24) is 4.90 Å². The lowest BCUT2D eigenvalue weighted by Crippen LogP contribution is -2.39. The maximum absolute atomic E-state index is 10.3. The molecule has 1 saturated heterocycles. The van der Waals surface area contributed by atoms with E-state index in [0.717, 1.165) is 0 Å². The number of aliphatic hydroxyl groups is 1. The lowest BCUT2D eigenvalue weighted by atomic mass is 10.1. The molecule has 3 rings (SSSR count). The zero-order valence-corrected chi connectivity index (χ0v) is 9.15. The van der Waals surface area contributed by atoms with Crippen LogP contribution in [0.3, 0.4) is 0 Å². The number of rotatable bonds is 3. The largest absolute Gasteiger partial charge is 0.454 e. The summed E-state index contributed by atoms with van der Waals surface area (Å²) in [7, 11) is 0. The van der Waals surface area contributed by atoms with Crippen LogP contribution in [0.4, 0.5) is 0 Å². The van der Waals surface area contributed by atoms with Crippen molar-refractivity contribution in [2.75, 3.05) is 26.2 Å². The predicted octanol–water partition coefficient (Wildman–Crippen LogP) is 1.41. The molecule has 4 nitrogen and oxygen atoms in total. The number of nitrogens with zero attached hydrogens (tertiary/aromatic N) is 1. The minimum atomic E-state index is -3.88. The van der Waals surface area contributed by atoms with Gasteiger partial charge in [0.2, 0.25) is 6.75 Å². The second kappa shape index (κ2) is 5.16. The third kappa shape index (κ3) is 2.60. The summed E-state index contributed by atoms with van der Waals surface area (Å²) in [5.74, 6) is -0.0744. The first kappa shape index (κ1) is 4.12. The van der Waals surface area contributed by atoms with Gasteiger partial charge in [-0.05, 0) is 43.4 Å². The van der Waals surface area contributed by atoms with Gasteiger partial charge in [-0.2, -0.15) is 0 Å². The number of benzene rings is 1. The van der Waals surface area contributed by atoms with Crippen molar-refractivity contribution in [3.8, 4) is 11.5 Å². The molecular formula is C14H19NO3. The van der Waals surface area contributed by atoms with Crippen LogP contribution in [-0.4, -0.2) is 42.3 Å². The zero-order chi connectivity index (χ0) is 24.1. The van der Waals surface area contributed by atoms with E-state index >= 15 is 0 Å². The minimum Gasteiger partial charge on any atom is -0.454 e. The van der Waals surface area contributed by atoms with Crippen LogP contribution in [0.1, 0.15) is 36.1 Å². The molecule has 0 radical (unpaired) electrons. The van der Waals surface area contributed by atoms with Crippen molar-refractivity contribution in [2.45, 2.75) is 25.2 Å². The van der Waals surface area contributed by atoms with Crippen molar-refractivity contribution in [3.63, 3.8) is 0 Å². The van der Waals surface area contributed by atoms with Crippen molar-refractivity contribution < 1.29 is 32.4 Å². The molecule has 2 aliphatic rings. The summed E-state index contributed by atoms with van der Waals surface area (Å²) >= 11 is 0. The molecule has 1 atom stereocenters. The second-order valence-corrected chi connectivity index (χ2v) is 3.56. The predicted molar refractivity (Wildman–Crippen MR) is 67.9 cm³/mol. The van der Waals surface area contributed by atoms with Gasteiger partial charge in [-0.15, -0.1) is 0 Å². The Morgan fingerprint density at radius 3 is 3.33 bits per heavy atom. The van der Waals surface area contributed by atoms with Gasteiger partial charge >= 0.3 is 0 Å². The molecular weight excluding hydrogens is 230 g/mol. The molecule has 1 N–H and O–H groups in total. The summed E-state index contributed by atoms with van der Waals surface area (Å²) in [5.41, 5.74) is 0.0549. The van der Waals surface area contributed by atoms with Gasteiger partial charge in [-0.3, -0.25) is 0 Å². The molecule has 0 aromatic heterocycles. The number of hydrogen-bond acceptors (Lipinski definition) is 4. The molecule has 2 heterocycles. The summed E-state index contributed by atoms with van der Waals surface area (Å²) in [6.45, 7) is -12.9. The molecule has 4 heteroatoms. The SMILES string of the molecule is [2H]C1([2H])Oc2ccc(CC([2H])([2H])N3C([2H])([2H])C([2H])([2H])C([2H])([2H])C([2H])(O)C3([2H])[2H])cc2O1. The van der Waals surface area contributed by atoms with Gasteiger partial charge in [0, 0.05) is 26.7 Å². The van der Waals surface area contributed by atoms with Gasteiger partial charge in [-0.1, -0.05) is 6.07 Å². The fraction of sp³-hybridized carbons (Fsp3) is 0.571. The van der Waals surface area contributed by atoms with E-state index in [1.807, 2.05) is 0 Å². The molecule has 1 fully saturated rings. The average Bonchev–Trinajstić information content (AvgIpc) is 2.84. The smallest absolute Gasteiger partial charge is 0.231 e. The van der Waals surface area contributed by atoms with E-state index in [2.05, 4.69) is 0 Å². The van der Waals surface area contributed by atoms with E-state index in [0.29, 0.717) is 0 Å². The van der Waals surface area contributed by atoms with Gasteiger partial charge in [0.05, 0.1) is 7.45 Å². The van der Waals surface area contributed by atoms with Crippen LogP contribution < -0.4 is 9.47 Å². The number of likely N-dealkylation sites (tertiary alicyclic amines) is 1. The summed E-state index contributed by atoms with van der Waals surface area (Å²) < 4.78 is 113. The Morgan fingerprint density at radius 2 is 2.39 bits per heavy atom. The number of piperidine rings is 1. The Morgan fingerprint density at radius 1 is 1.50 bits per heavy atom. The second-order valence-electron chi connectivity index (χ2n) is 3.56. The molecule has 98 valence electrons. The number of hydrogen-bond donors (Lipinski definition) is 1. The van der Waals surface area contributed by atoms with E-state index < -0.39 is 51.5 Å². The minimum absolute atomic E-state index is 0.0167. The Hall–Kier alpha value is -1.26. The van der Waals surface area contributed by atoms with Crippen molar-refractivity contribution >= 4 is 0 Å². The highest BCUT2D eigenvalue weighted by molar-refractivity contribution is 5.44. The lowest BCUT2D eigenvalue weighted by molar-refractivity contribution is 0.0714. The molecule has 0 bridgehead atoms. The van der Waals surface area contributed by atoms with Crippen LogP contribution in [0.5, 0.6) is 11.5 Å². The van der Waals surface area contributed by atoms with Crippen LogP contribution in [0.2, 0.25) is 0 Å². The third-order valence-corrected chi connectivity index (χ3v) is 2.32. The Kier molecular flexibility index (Phi) is 1.18. The Labute approximate surface area is 125 Å². The van der Waals surface area contributed by atoms with Crippen LogP contribution in [0.25, 0.3) is 0 Å². The van der Waals surface area contributed by atoms with E-state index in [4.69, 9.17) is 27.3 Å². The quantitative estimate of drug-likeness (QED) is 0.894. The molecule has 0 aliphatic carbocycles. The monoisotopic (exact) mass is 262 g/mol. The van der Waals surface area contributed by atoms with E-state index in [9.17, 15) is 5.11 Å². The summed E-state index contributed by atoms with van der Waals surface area (Å²) in [6, 6.07) is 3.70. The van der Waals surface area contributed by atoms with Crippen LogP contribution in [-0.2, 0) is 6.42 Å². The fourth-order valence-corrected chi connectivity index (χ4v) is 1.49. The first-order chi connectivity index (χ1) is 13.6. The van der Waals surface area contributed by atoms with E-state index in [1.54, 1.807) is 0 Å². The first-order valence-corrected chi connectivity index (χ1v) is 5.16. The molecule has 1 unspecified atom stereocenters. The third-order valence-electron chi connectivity index (χ3n) is 2.32. The molecule has 18 heavy (non-hydrogen) atoms. The van der Waals surface area contributed by atoms with Crippen LogP contribution >= 0.6 is 0 Å². The molecule has 0 amide bonds. The maximum Gasteiger partial charge on any atom is 0.231 e. The summed E-state index contributed by atoms with van der Waals surface area (Å²) in [5, 5.41) is 10.3. The molecule has 0 spiro atoms. The summed E-state index contributed by atoms with van der Waals surface area (Å²) in [4.78, 5) is -0.300. The van der Waals surface area contributed by atoms with E-state index in [1.165, 1.54) is 18.2 Å². The van der Waals surface area contributed by atoms with Crippen molar-refractivity contribution in [1.29, 1.82) is 0 Å². The van der Waals surface area contributed by atoms with Crippen molar-refractivity contribution in [3.05, 3.63) is 23.8 Å². The van der Waals surface area contributed by atoms with Gasteiger partial charge in [0.25, 0.3) is 0 Å². The maximum atomic E-state index is 10.3. The molecule has 1 aromatic carbocycles. The van der Waals surface area contributed by atoms with E-state index in [-0.39, 0.29) is 22.0 Å². The standard InChI is InChI=1S/C14H19NO3/c16-12-2-1-6-15(9-12)7-5-11-3-4-13-14(8-11)18-10-17-13/h3-4,8,12,16H,1-2,5-7,9-10H2/i1D2,2D2,6D2,7D2,9D2,10D2,12D. The molecule has 0 saturated carbocycles. The van der Waals surface area contributed by atoms with Gasteiger partial charge in [0.15, 0.2) is 11.5 Å².